The number of amides is 1. The van der Waals surface area contributed by atoms with Crippen LogP contribution >= 0.6 is 0 Å². The Morgan fingerprint density at radius 3 is 2.97 bits per heavy atom. The number of rotatable bonds is 5. The van der Waals surface area contributed by atoms with Crippen molar-refractivity contribution in [1.82, 2.24) is 20.1 Å². The normalized spacial score (nSPS) is 16.5. The summed E-state index contributed by atoms with van der Waals surface area (Å²) in [5.74, 6) is 0.558. The predicted octanol–water partition coefficient (Wildman–Crippen LogP) is 3.12. The first-order chi connectivity index (χ1) is 14.6. The van der Waals surface area contributed by atoms with Crippen LogP contribution in [0.4, 0.5) is 6.01 Å². The standard InChI is InChI=1S/C22H23N5O3/c1-26-21(29-2)16-10-9-14(12-18(16)25-26)20(28)23-13-15-6-5-11-27(15)22-24-17-7-3-4-8-19(17)30-22/h3-4,7-10,12,15H,5-6,11,13H2,1-2H3,(H,23,28)/t15-/m1/s1. The summed E-state index contributed by atoms with van der Waals surface area (Å²) < 4.78 is 13.0. The molecule has 8 nitrogen and oxygen atoms in total. The Bertz CT molecular complexity index is 1200. The molecule has 0 spiro atoms. The number of benzene rings is 2. The second-order valence-corrected chi connectivity index (χ2v) is 7.53. The van der Waals surface area contributed by atoms with Gasteiger partial charge in [-0.1, -0.05) is 12.1 Å². The van der Waals surface area contributed by atoms with Gasteiger partial charge in [-0.05, 0) is 43.2 Å². The molecular weight excluding hydrogens is 382 g/mol. The average Bonchev–Trinajstić information content (AvgIpc) is 3.46. The van der Waals surface area contributed by atoms with Crippen molar-refractivity contribution in [2.45, 2.75) is 18.9 Å². The van der Waals surface area contributed by atoms with Crippen molar-refractivity contribution in [3.8, 4) is 5.88 Å². The van der Waals surface area contributed by atoms with Crippen LogP contribution in [-0.4, -0.2) is 46.9 Å². The minimum Gasteiger partial charge on any atom is -0.481 e. The third-order valence-corrected chi connectivity index (χ3v) is 5.64. The van der Waals surface area contributed by atoms with Crippen molar-refractivity contribution in [1.29, 1.82) is 0 Å². The van der Waals surface area contributed by atoms with Crippen LogP contribution in [0.2, 0.25) is 0 Å². The number of carbonyl (C=O) groups is 1. The van der Waals surface area contributed by atoms with Gasteiger partial charge in [0.15, 0.2) is 5.58 Å². The van der Waals surface area contributed by atoms with Gasteiger partial charge in [-0.25, -0.2) is 4.68 Å². The molecule has 4 aromatic rings. The molecule has 0 saturated carbocycles. The molecule has 1 saturated heterocycles. The van der Waals surface area contributed by atoms with Crippen LogP contribution < -0.4 is 15.0 Å². The first-order valence-electron chi connectivity index (χ1n) is 10.0. The first kappa shape index (κ1) is 18.5. The van der Waals surface area contributed by atoms with Crippen molar-refractivity contribution < 1.29 is 13.9 Å². The maximum atomic E-state index is 12.8. The number of ether oxygens (including phenoxy) is 1. The second kappa shape index (κ2) is 7.37. The molecule has 1 atom stereocenters. The monoisotopic (exact) mass is 405 g/mol. The van der Waals surface area contributed by atoms with E-state index in [0.29, 0.717) is 24.0 Å². The summed E-state index contributed by atoms with van der Waals surface area (Å²) in [6, 6.07) is 14.0. The molecule has 3 heterocycles. The van der Waals surface area contributed by atoms with E-state index in [2.05, 4.69) is 20.3 Å². The molecule has 1 aliphatic heterocycles. The lowest BCUT2D eigenvalue weighted by Crippen LogP contribution is -2.40. The van der Waals surface area contributed by atoms with Gasteiger partial charge in [-0.15, -0.1) is 0 Å². The number of nitrogens with one attached hydrogen (secondary N) is 1. The highest BCUT2D eigenvalue weighted by molar-refractivity contribution is 5.98. The van der Waals surface area contributed by atoms with Gasteiger partial charge in [-0.3, -0.25) is 4.79 Å². The highest BCUT2D eigenvalue weighted by Gasteiger charge is 2.28. The number of hydrogen-bond acceptors (Lipinski definition) is 6. The molecule has 8 heteroatoms. The van der Waals surface area contributed by atoms with Crippen molar-refractivity contribution >= 4 is 33.9 Å². The summed E-state index contributed by atoms with van der Waals surface area (Å²) in [6.07, 6.45) is 2.02. The first-order valence-corrected chi connectivity index (χ1v) is 10.0. The number of aryl methyl sites for hydroxylation is 1. The molecule has 1 fully saturated rings. The third kappa shape index (κ3) is 3.14. The number of methoxy groups -OCH3 is 1. The molecule has 1 amide bonds. The molecule has 154 valence electrons. The summed E-state index contributed by atoms with van der Waals surface area (Å²) in [6.45, 7) is 1.40. The molecule has 5 rings (SSSR count). The molecule has 30 heavy (non-hydrogen) atoms. The molecule has 1 N–H and O–H groups in total. The van der Waals surface area contributed by atoms with E-state index in [1.54, 1.807) is 23.9 Å². The number of fused-ring (bicyclic) bond motifs is 2. The molecule has 0 unspecified atom stereocenters. The lowest BCUT2D eigenvalue weighted by molar-refractivity contribution is 0.0951. The zero-order chi connectivity index (χ0) is 20.7. The number of anilines is 1. The number of oxazole rings is 1. The molecular formula is C22H23N5O3. The van der Waals surface area contributed by atoms with Gasteiger partial charge in [0, 0.05) is 25.7 Å². The fourth-order valence-corrected chi connectivity index (χ4v) is 4.16. The predicted molar refractivity (Wildman–Crippen MR) is 114 cm³/mol. The second-order valence-electron chi connectivity index (χ2n) is 7.53. The molecule has 2 aromatic carbocycles. The highest BCUT2D eigenvalue weighted by atomic mass is 16.5. The Hall–Kier alpha value is -3.55. The fourth-order valence-electron chi connectivity index (χ4n) is 4.16. The van der Waals surface area contributed by atoms with E-state index in [-0.39, 0.29) is 11.9 Å². The number of nitrogens with zero attached hydrogens (tertiary/aromatic N) is 4. The van der Waals surface area contributed by atoms with E-state index >= 15 is 0 Å². The van der Waals surface area contributed by atoms with E-state index in [1.807, 2.05) is 37.4 Å². The van der Waals surface area contributed by atoms with Crippen LogP contribution in [0.15, 0.2) is 46.9 Å². The molecule has 2 aromatic heterocycles. The van der Waals surface area contributed by atoms with Gasteiger partial charge in [-0.2, -0.15) is 10.1 Å². The van der Waals surface area contributed by atoms with Gasteiger partial charge in [0.25, 0.3) is 11.9 Å². The zero-order valence-electron chi connectivity index (χ0n) is 17.0. The van der Waals surface area contributed by atoms with E-state index < -0.39 is 0 Å². The maximum Gasteiger partial charge on any atom is 0.298 e. The fraction of sp³-hybridized carbons (Fsp3) is 0.318. The Labute approximate surface area is 173 Å². The van der Waals surface area contributed by atoms with Crippen LogP contribution in [-0.2, 0) is 7.05 Å². The van der Waals surface area contributed by atoms with E-state index in [4.69, 9.17) is 9.15 Å². The zero-order valence-corrected chi connectivity index (χ0v) is 17.0. The summed E-state index contributed by atoms with van der Waals surface area (Å²) in [5.41, 5.74) is 2.94. The third-order valence-electron chi connectivity index (χ3n) is 5.64. The molecule has 1 aliphatic rings. The number of hydrogen-bond donors (Lipinski definition) is 1. The van der Waals surface area contributed by atoms with Gasteiger partial charge in [0.1, 0.15) is 5.52 Å². The Morgan fingerprint density at radius 2 is 2.13 bits per heavy atom. The Morgan fingerprint density at radius 1 is 1.27 bits per heavy atom. The molecule has 0 bridgehead atoms. The lowest BCUT2D eigenvalue weighted by Gasteiger charge is -2.23. The Balaban J connectivity index is 1.30. The summed E-state index contributed by atoms with van der Waals surface area (Å²) >= 11 is 0. The van der Waals surface area contributed by atoms with E-state index in [9.17, 15) is 4.79 Å². The summed E-state index contributed by atoms with van der Waals surface area (Å²) in [5, 5.41) is 8.36. The van der Waals surface area contributed by atoms with Crippen LogP contribution in [0.1, 0.15) is 23.2 Å². The van der Waals surface area contributed by atoms with Crippen molar-refractivity contribution in [3.05, 3.63) is 48.0 Å². The SMILES string of the molecule is COc1c2ccc(C(=O)NC[C@H]3CCCN3c3nc4ccccc4o3)cc2nn1C. The van der Waals surface area contributed by atoms with Gasteiger partial charge in [0.05, 0.1) is 24.1 Å². The van der Waals surface area contributed by atoms with Crippen molar-refractivity contribution in [2.24, 2.45) is 7.05 Å². The van der Waals surface area contributed by atoms with Gasteiger partial charge < -0.3 is 19.4 Å². The minimum atomic E-state index is -0.120. The highest BCUT2D eigenvalue weighted by Crippen LogP contribution is 2.28. The van der Waals surface area contributed by atoms with Crippen LogP contribution in [0.5, 0.6) is 5.88 Å². The van der Waals surface area contributed by atoms with Crippen LogP contribution in [0, 0.1) is 0 Å². The maximum absolute atomic E-state index is 12.8. The molecule has 0 aliphatic carbocycles. The largest absolute Gasteiger partial charge is 0.481 e. The Kier molecular flexibility index (Phi) is 4.54. The smallest absolute Gasteiger partial charge is 0.298 e. The molecule has 0 radical (unpaired) electrons. The van der Waals surface area contributed by atoms with Crippen LogP contribution in [0.3, 0.4) is 0 Å². The number of aromatic nitrogens is 3. The lowest BCUT2D eigenvalue weighted by atomic mass is 10.1. The summed E-state index contributed by atoms with van der Waals surface area (Å²) in [7, 11) is 3.43. The topological polar surface area (TPSA) is 85.4 Å². The van der Waals surface area contributed by atoms with Crippen molar-refractivity contribution in [2.75, 3.05) is 25.1 Å². The van der Waals surface area contributed by atoms with E-state index in [0.717, 1.165) is 41.4 Å². The quantitative estimate of drug-likeness (QED) is 0.549. The van der Waals surface area contributed by atoms with Crippen molar-refractivity contribution in [3.63, 3.8) is 0 Å². The summed E-state index contributed by atoms with van der Waals surface area (Å²) in [4.78, 5) is 19.5. The average molecular weight is 405 g/mol. The van der Waals surface area contributed by atoms with Gasteiger partial charge in [0.2, 0.25) is 5.88 Å². The number of para-hydroxylation sites is 2. The van der Waals surface area contributed by atoms with Crippen LogP contribution in [0.25, 0.3) is 22.0 Å². The number of carbonyl (C=O) groups excluding carboxylic acids is 1. The van der Waals surface area contributed by atoms with E-state index in [1.165, 1.54) is 0 Å². The minimum absolute atomic E-state index is 0.120. The van der Waals surface area contributed by atoms with Gasteiger partial charge >= 0.3 is 0 Å².